The van der Waals surface area contributed by atoms with Gasteiger partial charge in [0.05, 0.1) is 0 Å². The van der Waals surface area contributed by atoms with Gasteiger partial charge in [0.2, 0.25) is 5.03 Å². The Morgan fingerprint density at radius 2 is 1.90 bits per heavy atom. The quantitative estimate of drug-likeness (QED) is 0.867. The Morgan fingerprint density at radius 1 is 1.30 bits per heavy atom. The minimum atomic E-state index is -3.56. The number of nitrogens with one attached hydrogen (secondary N) is 1. The number of aromatic nitrogens is 3. The molecule has 0 bridgehead atoms. The maximum Gasteiger partial charge on any atom is 0.260 e. The van der Waals surface area contributed by atoms with Crippen molar-refractivity contribution in [2.45, 2.75) is 44.1 Å². The molecule has 2 rings (SSSR count). The third-order valence-electron chi connectivity index (χ3n) is 4.10. The fourth-order valence-corrected chi connectivity index (χ4v) is 4.95. The van der Waals surface area contributed by atoms with Crippen LogP contribution >= 0.6 is 15.9 Å². The molecule has 1 aromatic rings. The molecule has 1 heterocycles. The molecular formula is C12H21BrN4O2S. The number of nitrogens with zero attached hydrogens (tertiary/aromatic N) is 3. The third-order valence-corrected chi connectivity index (χ3v) is 6.41. The van der Waals surface area contributed by atoms with Crippen molar-refractivity contribution < 1.29 is 8.42 Å². The van der Waals surface area contributed by atoms with E-state index >= 15 is 0 Å². The summed E-state index contributed by atoms with van der Waals surface area (Å²) in [6.45, 7) is 2.72. The average molecular weight is 365 g/mol. The SMILES string of the molecule is CCC1CCC(CNS(=O)(=O)c2c(Br)nnn2C)CC1. The van der Waals surface area contributed by atoms with Crippen molar-refractivity contribution >= 4 is 26.0 Å². The van der Waals surface area contributed by atoms with Gasteiger partial charge in [0.25, 0.3) is 10.0 Å². The summed E-state index contributed by atoms with van der Waals surface area (Å²) in [5.74, 6) is 1.26. The van der Waals surface area contributed by atoms with Crippen LogP contribution in [0.1, 0.15) is 39.0 Å². The molecule has 0 aliphatic heterocycles. The van der Waals surface area contributed by atoms with Crippen LogP contribution in [0.5, 0.6) is 0 Å². The molecule has 6 nitrogen and oxygen atoms in total. The predicted octanol–water partition coefficient (Wildman–Crippen LogP) is 2.07. The van der Waals surface area contributed by atoms with E-state index < -0.39 is 10.0 Å². The summed E-state index contributed by atoms with van der Waals surface area (Å²) in [6.07, 6.45) is 5.85. The number of hydrogen-bond donors (Lipinski definition) is 1. The number of halogens is 1. The molecule has 0 amide bonds. The Bertz CT molecular complexity index is 530. The van der Waals surface area contributed by atoms with Gasteiger partial charge in [0, 0.05) is 13.6 Å². The summed E-state index contributed by atoms with van der Waals surface area (Å²) in [4.78, 5) is 0. The first-order chi connectivity index (χ1) is 9.44. The summed E-state index contributed by atoms with van der Waals surface area (Å²) in [5, 5.41) is 7.49. The van der Waals surface area contributed by atoms with Crippen molar-refractivity contribution in [1.82, 2.24) is 19.7 Å². The van der Waals surface area contributed by atoms with E-state index in [0.29, 0.717) is 12.5 Å². The van der Waals surface area contributed by atoms with Crippen LogP contribution < -0.4 is 4.72 Å². The van der Waals surface area contributed by atoms with E-state index in [4.69, 9.17) is 0 Å². The van der Waals surface area contributed by atoms with E-state index in [1.165, 1.54) is 23.9 Å². The number of sulfonamides is 1. The largest absolute Gasteiger partial charge is 0.260 e. The van der Waals surface area contributed by atoms with Crippen molar-refractivity contribution in [3.63, 3.8) is 0 Å². The maximum absolute atomic E-state index is 12.3. The molecule has 1 aliphatic rings. The van der Waals surface area contributed by atoms with Gasteiger partial charge < -0.3 is 0 Å². The molecule has 1 N–H and O–H groups in total. The van der Waals surface area contributed by atoms with Crippen LogP contribution in [0.4, 0.5) is 0 Å². The van der Waals surface area contributed by atoms with Crippen LogP contribution in [0.15, 0.2) is 9.63 Å². The highest BCUT2D eigenvalue weighted by Gasteiger charge is 2.26. The van der Waals surface area contributed by atoms with Gasteiger partial charge in [0.1, 0.15) is 0 Å². The second kappa shape index (κ2) is 6.53. The lowest BCUT2D eigenvalue weighted by atomic mass is 9.81. The number of aryl methyl sites for hydroxylation is 1. The topological polar surface area (TPSA) is 76.9 Å². The summed E-state index contributed by atoms with van der Waals surface area (Å²) in [5.41, 5.74) is 0. The molecule has 1 fully saturated rings. The minimum absolute atomic E-state index is 0.0831. The Kier molecular flexibility index (Phi) is 5.19. The smallest absolute Gasteiger partial charge is 0.235 e. The molecule has 8 heteroatoms. The molecule has 0 spiro atoms. The normalized spacial score (nSPS) is 23.9. The van der Waals surface area contributed by atoms with Gasteiger partial charge in [-0.1, -0.05) is 31.4 Å². The van der Waals surface area contributed by atoms with Gasteiger partial charge in [-0.05, 0) is 40.6 Å². The van der Waals surface area contributed by atoms with Crippen LogP contribution in [0.25, 0.3) is 0 Å². The summed E-state index contributed by atoms with van der Waals surface area (Å²) in [7, 11) is -1.99. The van der Waals surface area contributed by atoms with Crippen LogP contribution in [0, 0.1) is 11.8 Å². The molecule has 1 aromatic heterocycles. The Labute approximate surface area is 128 Å². The lowest BCUT2D eigenvalue weighted by molar-refractivity contribution is 0.270. The Morgan fingerprint density at radius 3 is 2.40 bits per heavy atom. The Hall–Kier alpha value is -0.470. The summed E-state index contributed by atoms with van der Waals surface area (Å²) >= 11 is 3.12. The molecule has 20 heavy (non-hydrogen) atoms. The van der Waals surface area contributed by atoms with Gasteiger partial charge in [-0.25, -0.2) is 17.8 Å². The standard InChI is InChI=1S/C12H21BrN4O2S/c1-3-9-4-6-10(7-5-9)8-14-20(18,19)12-11(13)15-16-17(12)2/h9-10,14H,3-8H2,1-2H3. The molecule has 0 atom stereocenters. The number of hydrogen-bond acceptors (Lipinski definition) is 4. The van der Waals surface area contributed by atoms with Crippen molar-refractivity contribution in [2.75, 3.05) is 6.54 Å². The molecule has 0 saturated heterocycles. The third kappa shape index (κ3) is 3.59. The zero-order chi connectivity index (χ0) is 14.8. The first kappa shape index (κ1) is 15.9. The van der Waals surface area contributed by atoms with Crippen molar-refractivity contribution in [3.05, 3.63) is 4.60 Å². The zero-order valence-electron chi connectivity index (χ0n) is 11.8. The summed E-state index contributed by atoms with van der Waals surface area (Å²) in [6, 6.07) is 0. The fraction of sp³-hybridized carbons (Fsp3) is 0.833. The average Bonchev–Trinajstić information content (AvgIpc) is 2.77. The van der Waals surface area contributed by atoms with Crippen LogP contribution in [0.2, 0.25) is 0 Å². The van der Waals surface area contributed by atoms with E-state index in [-0.39, 0.29) is 9.63 Å². The van der Waals surface area contributed by atoms with E-state index in [1.807, 2.05) is 0 Å². The predicted molar refractivity (Wildman–Crippen MR) is 79.6 cm³/mol. The van der Waals surface area contributed by atoms with Crippen LogP contribution in [0.3, 0.4) is 0 Å². The Balaban J connectivity index is 1.94. The molecule has 1 aliphatic carbocycles. The molecule has 0 unspecified atom stereocenters. The molecule has 0 aromatic carbocycles. The van der Waals surface area contributed by atoms with Crippen molar-refractivity contribution in [1.29, 1.82) is 0 Å². The highest BCUT2D eigenvalue weighted by atomic mass is 79.9. The van der Waals surface area contributed by atoms with Crippen molar-refractivity contribution in [2.24, 2.45) is 18.9 Å². The van der Waals surface area contributed by atoms with Crippen LogP contribution in [-0.4, -0.2) is 30.0 Å². The van der Waals surface area contributed by atoms with E-state index in [2.05, 4.69) is 37.9 Å². The van der Waals surface area contributed by atoms with E-state index in [9.17, 15) is 8.42 Å². The van der Waals surface area contributed by atoms with Gasteiger partial charge >= 0.3 is 0 Å². The highest BCUT2D eigenvalue weighted by molar-refractivity contribution is 9.10. The van der Waals surface area contributed by atoms with Gasteiger partial charge in [-0.2, -0.15) is 0 Å². The van der Waals surface area contributed by atoms with Crippen molar-refractivity contribution in [3.8, 4) is 0 Å². The van der Waals surface area contributed by atoms with Gasteiger partial charge in [-0.15, -0.1) is 5.10 Å². The van der Waals surface area contributed by atoms with E-state index in [1.54, 1.807) is 7.05 Å². The highest BCUT2D eigenvalue weighted by Crippen LogP contribution is 2.30. The monoisotopic (exact) mass is 364 g/mol. The van der Waals surface area contributed by atoms with E-state index in [0.717, 1.165) is 18.8 Å². The lowest BCUT2D eigenvalue weighted by Gasteiger charge is -2.27. The van der Waals surface area contributed by atoms with Gasteiger partial charge in [0.15, 0.2) is 4.60 Å². The molecule has 0 radical (unpaired) electrons. The summed E-state index contributed by atoms with van der Waals surface area (Å²) < 4.78 is 28.7. The van der Waals surface area contributed by atoms with Gasteiger partial charge in [-0.3, -0.25) is 0 Å². The molecular weight excluding hydrogens is 344 g/mol. The first-order valence-corrected chi connectivity index (χ1v) is 9.26. The second-order valence-electron chi connectivity index (χ2n) is 5.46. The minimum Gasteiger partial charge on any atom is -0.235 e. The fourth-order valence-electron chi connectivity index (χ4n) is 2.75. The lowest BCUT2D eigenvalue weighted by Crippen LogP contribution is -2.32. The van der Waals surface area contributed by atoms with Crippen LogP contribution in [-0.2, 0) is 17.1 Å². The first-order valence-electron chi connectivity index (χ1n) is 6.99. The number of rotatable bonds is 5. The maximum atomic E-state index is 12.3. The second-order valence-corrected chi connectivity index (χ2v) is 7.89. The zero-order valence-corrected chi connectivity index (χ0v) is 14.2. The molecule has 1 saturated carbocycles. The molecule has 114 valence electrons.